The lowest BCUT2D eigenvalue weighted by molar-refractivity contribution is 0.351. The number of aryl methyl sites for hydroxylation is 3. The van der Waals surface area contributed by atoms with E-state index in [1.54, 1.807) is 30.5 Å². The van der Waals surface area contributed by atoms with Crippen LogP contribution >= 0.6 is 0 Å². The fraction of sp³-hybridized carbons (Fsp3) is 0.161. The average molecular weight is 536 g/mol. The predicted molar refractivity (Wildman–Crippen MR) is 153 cm³/mol. The molecule has 0 fully saturated rings. The largest absolute Gasteiger partial charge is 0.365 e. The van der Waals surface area contributed by atoms with Crippen molar-refractivity contribution in [3.05, 3.63) is 119 Å². The van der Waals surface area contributed by atoms with Crippen molar-refractivity contribution < 1.29 is 8.42 Å². The molecule has 6 rings (SSSR count). The van der Waals surface area contributed by atoms with Crippen LogP contribution in [0.3, 0.4) is 0 Å². The first-order valence-electron chi connectivity index (χ1n) is 12.8. The third-order valence-corrected chi connectivity index (χ3v) is 8.81. The SMILES string of the molecule is Cc1ccc(S(=O)(=O)n2cnc(CN3C=Cc4[nH]c(-c5ccc(-c6ccc(C)c(C)c6)cc5)nc4C3)c2)cc1. The van der Waals surface area contributed by atoms with Gasteiger partial charge in [-0.2, -0.15) is 0 Å². The number of benzene rings is 3. The van der Waals surface area contributed by atoms with Crippen LogP contribution in [0.5, 0.6) is 0 Å². The standard InChI is InChI=1S/C31H29N5O2S/c1-21-4-12-28(13-5-21)39(37,38)36-18-27(32-20-36)17-35-15-14-29-30(19-35)34-31(33-29)25-10-8-24(9-11-25)26-7-6-22(2)23(3)16-26/h4-16,18,20H,17,19H2,1-3H3,(H,33,34). The second kappa shape index (κ2) is 9.71. The van der Waals surface area contributed by atoms with Crippen LogP contribution in [0.4, 0.5) is 0 Å². The van der Waals surface area contributed by atoms with E-state index in [0.29, 0.717) is 18.8 Å². The number of imidazole rings is 2. The molecule has 0 amide bonds. The monoisotopic (exact) mass is 535 g/mol. The van der Waals surface area contributed by atoms with Gasteiger partial charge in [-0.15, -0.1) is 0 Å². The molecule has 0 aliphatic carbocycles. The Kier molecular flexibility index (Phi) is 6.19. The maximum Gasteiger partial charge on any atom is 0.268 e. The minimum Gasteiger partial charge on any atom is -0.365 e. The Hall–Kier alpha value is -4.43. The summed E-state index contributed by atoms with van der Waals surface area (Å²) in [5, 5.41) is 0. The van der Waals surface area contributed by atoms with Crippen LogP contribution in [-0.4, -0.2) is 32.2 Å². The van der Waals surface area contributed by atoms with Gasteiger partial charge in [-0.25, -0.2) is 22.4 Å². The molecule has 0 spiro atoms. The van der Waals surface area contributed by atoms with E-state index < -0.39 is 10.0 Å². The third kappa shape index (κ3) is 4.91. The van der Waals surface area contributed by atoms with Crippen LogP contribution in [0.2, 0.25) is 0 Å². The van der Waals surface area contributed by atoms with Gasteiger partial charge in [0.05, 0.1) is 35.1 Å². The van der Waals surface area contributed by atoms with Crippen LogP contribution in [0.1, 0.15) is 33.8 Å². The molecule has 0 saturated carbocycles. The molecule has 2 aromatic heterocycles. The number of aromatic amines is 1. The van der Waals surface area contributed by atoms with Gasteiger partial charge >= 0.3 is 0 Å². The Balaban J connectivity index is 1.15. The molecule has 0 bridgehead atoms. The zero-order valence-corrected chi connectivity index (χ0v) is 22.9. The number of aromatic nitrogens is 4. The maximum atomic E-state index is 13.0. The Morgan fingerprint density at radius 2 is 1.59 bits per heavy atom. The third-order valence-electron chi connectivity index (χ3n) is 7.19. The molecule has 0 atom stereocenters. The number of nitrogens with zero attached hydrogens (tertiary/aromatic N) is 4. The van der Waals surface area contributed by atoms with E-state index in [4.69, 9.17) is 4.98 Å². The van der Waals surface area contributed by atoms with Crippen molar-refractivity contribution >= 4 is 16.1 Å². The second-order valence-electron chi connectivity index (χ2n) is 10.1. The predicted octanol–water partition coefficient (Wildman–Crippen LogP) is 6.09. The van der Waals surface area contributed by atoms with Crippen LogP contribution in [0.25, 0.3) is 28.6 Å². The molecule has 3 heterocycles. The van der Waals surface area contributed by atoms with Gasteiger partial charge < -0.3 is 9.88 Å². The fourth-order valence-electron chi connectivity index (χ4n) is 4.69. The summed E-state index contributed by atoms with van der Waals surface area (Å²) in [5.41, 5.74) is 9.57. The fourth-order valence-corrected chi connectivity index (χ4v) is 5.85. The molecule has 1 aliphatic rings. The van der Waals surface area contributed by atoms with Crippen LogP contribution in [-0.2, 0) is 23.1 Å². The summed E-state index contributed by atoms with van der Waals surface area (Å²) in [6.07, 6.45) is 6.92. The highest BCUT2D eigenvalue weighted by Gasteiger charge is 2.20. The van der Waals surface area contributed by atoms with Crippen molar-refractivity contribution in [1.82, 2.24) is 23.8 Å². The summed E-state index contributed by atoms with van der Waals surface area (Å²) in [6.45, 7) is 7.25. The van der Waals surface area contributed by atoms with Gasteiger partial charge in [0.25, 0.3) is 10.0 Å². The van der Waals surface area contributed by atoms with E-state index in [1.807, 2.05) is 19.2 Å². The molecule has 39 heavy (non-hydrogen) atoms. The zero-order chi connectivity index (χ0) is 27.1. The van der Waals surface area contributed by atoms with Crippen LogP contribution in [0, 0.1) is 20.8 Å². The lowest BCUT2D eigenvalue weighted by Crippen LogP contribution is -2.20. The highest BCUT2D eigenvalue weighted by Crippen LogP contribution is 2.28. The summed E-state index contributed by atoms with van der Waals surface area (Å²) in [7, 11) is -3.68. The van der Waals surface area contributed by atoms with Gasteiger partial charge in [0.1, 0.15) is 12.2 Å². The van der Waals surface area contributed by atoms with Crippen molar-refractivity contribution in [3.63, 3.8) is 0 Å². The van der Waals surface area contributed by atoms with Gasteiger partial charge in [-0.3, -0.25) is 0 Å². The number of nitrogens with one attached hydrogen (secondary N) is 1. The summed E-state index contributed by atoms with van der Waals surface area (Å²) in [6, 6.07) is 21.8. The summed E-state index contributed by atoms with van der Waals surface area (Å²) < 4.78 is 27.1. The summed E-state index contributed by atoms with van der Waals surface area (Å²) >= 11 is 0. The lowest BCUT2D eigenvalue weighted by atomic mass is 9.99. The molecule has 1 aliphatic heterocycles. The van der Waals surface area contributed by atoms with Crippen molar-refractivity contribution in [1.29, 1.82) is 0 Å². The first kappa shape index (κ1) is 24.9. The molecule has 0 saturated heterocycles. The number of H-pyrrole nitrogens is 1. The second-order valence-corrected chi connectivity index (χ2v) is 11.9. The molecule has 0 unspecified atom stereocenters. The van der Waals surface area contributed by atoms with E-state index in [2.05, 4.69) is 71.2 Å². The zero-order valence-electron chi connectivity index (χ0n) is 22.1. The molecule has 5 aromatic rings. The molecule has 0 radical (unpaired) electrons. The Bertz CT molecular complexity index is 1800. The molecule has 7 nitrogen and oxygen atoms in total. The van der Waals surface area contributed by atoms with Gasteiger partial charge in [-0.1, -0.05) is 60.2 Å². The van der Waals surface area contributed by atoms with E-state index in [-0.39, 0.29) is 4.90 Å². The number of hydrogen-bond acceptors (Lipinski definition) is 5. The smallest absolute Gasteiger partial charge is 0.268 e. The minimum absolute atomic E-state index is 0.241. The summed E-state index contributed by atoms with van der Waals surface area (Å²) in [4.78, 5) is 15.0. The normalized spacial score (nSPS) is 13.1. The van der Waals surface area contributed by atoms with Gasteiger partial charge in [0, 0.05) is 18.0 Å². The Morgan fingerprint density at radius 1 is 0.872 bits per heavy atom. The average Bonchev–Trinajstić information content (AvgIpc) is 3.58. The first-order chi connectivity index (χ1) is 18.8. The Morgan fingerprint density at radius 3 is 2.33 bits per heavy atom. The van der Waals surface area contributed by atoms with E-state index in [0.717, 1.165) is 28.3 Å². The van der Waals surface area contributed by atoms with E-state index in [9.17, 15) is 8.42 Å². The quantitative estimate of drug-likeness (QED) is 0.285. The molecule has 196 valence electrons. The molecular weight excluding hydrogens is 506 g/mol. The number of fused-ring (bicyclic) bond motifs is 1. The van der Waals surface area contributed by atoms with Gasteiger partial charge in [-0.05, 0) is 61.2 Å². The lowest BCUT2D eigenvalue weighted by Gasteiger charge is -2.21. The number of rotatable bonds is 6. The van der Waals surface area contributed by atoms with E-state index in [1.165, 1.54) is 32.6 Å². The molecule has 8 heteroatoms. The minimum atomic E-state index is -3.68. The first-order valence-corrected chi connectivity index (χ1v) is 14.2. The summed E-state index contributed by atoms with van der Waals surface area (Å²) in [5.74, 6) is 0.826. The molecule has 3 aromatic carbocycles. The van der Waals surface area contributed by atoms with Crippen molar-refractivity contribution in [3.8, 4) is 22.5 Å². The van der Waals surface area contributed by atoms with Crippen LogP contribution in [0.15, 0.2) is 90.3 Å². The van der Waals surface area contributed by atoms with Gasteiger partial charge in [0.2, 0.25) is 0 Å². The van der Waals surface area contributed by atoms with Crippen molar-refractivity contribution in [2.75, 3.05) is 0 Å². The molecular formula is C31H29N5O2S. The highest BCUT2D eigenvalue weighted by atomic mass is 32.2. The number of hydrogen-bond donors (Lipinski definition) is 1. The van der Waals surface area contributed by atoms with Crippen LogP contribution < -0.4 is 0 Å². The van der Waals surface area contributed by atoms with E-state index >= 15 is 0 Å². The Labute approximate surface area is 228 Å². The topological polar surface area (TPSA) is 83.9 Å². The van der Waals surface area contributed by atoms with Crippen molar-refractivity contribution in [2.45, 2.75) is 38.8 Å². The highest BCUT2D eigenvalue weighted by molar-refractivity contribution is 7.90. The van der Waals surface area contributed by atoms with Crippen molar-refractivity contribution in [2.24, 2.45) is 0 Å². The maximum absolute atomic E-state index is 13.0. The van der Waals surface area contributed by atoms with Gasteiger partial charge in [0.15, 0.2) is 0 Å². The molecule has 1 N–H and O–H groups in total.